The number of ether oxygens (including phenoxy) is 1. The van der Waals surface area contributed by atoms with Crippen molar-refractivity contribution in [3.8, 4) is 11.8 Å². The average Bonchev–Trinajstić information content (AvgIpc) is 2.28. The van der Waals surface area contributed by atoms with E-state index in [2.05, 4.69) is 25.9 Å². The summed E-state index contributed by atoms with van der Waals surface area (Å²) in [7, 11) is 0. The molecular weight excluding hydrogens is 300 g/mol. The number of hydrogen-bond acceptors (Lipinski definition) is 4. The molecule has 0 fully saturated rings. The van der Waals surface area contributed by atoms with Crippen LogP contribution in [0.15, 0.2) is 34.8 Å². The molecule has 18 heavy (non-hydrogen) atoms. The second kappa shape index (κ2) is 5.14. The Hall–Kier alpha value is -1.95. The molecule has 0 amide bonds. The molecule has 92 valence electrons. The predicted molar refractivity (Wildman–Crippen MR) is 67.9 cm³/mol. The average molecular weight is 309 g/mol. The van der Waals surface area contributed by atoms with Crippen LogP contribution in [-0.2, 0) is 0 Å². The van der Waals surface area contributed by atoms with Crippen molar-refractivity contribution < 1.29 is 14.6 Å². The standard InChI is InChI=1S/C12H9BrN2O3/c1-7-5-10(11(16)17)15-12(14-7)18-9-4-2-3-8(13)6-9/h2-6H,1H3,(H,16,17). The third kappa shape index (κ3) is 3.04. The van der Waals surface area contributed by atoms with Crippen LogP contribution in [0.3, 0.4) is 0 Å². The van der Waals surface area contributed by atoms with E-state index in [1.54, 1.807) is 25.1 Å². The highest BCUT2D eigenvalue weighted by Gasteiger charge is 2.10. The lowest BCUT2D eigenvalue weighted by Gasteiger charge is -2.05. The van der Waals surface area contributed by atoms with E-state index in [-0.39, 0.29) is 11.7 Å². The summed E-state index contributed by atoms with van der Waals surface area (Å²) in [6.07, 6.45) is 0. The number of carbonyl (C=O) groups is 1. The summed E-state index contributed by atoms with van der Waals surface area (Å²) in [5.41, 5.74) is 0.444. The maximum absolute atomic E-state index is 10.9. The summed E-state index contributed by atoms with van der Waals surface area (Å²) in [5, 5.41) is 8.89. The summed E-state index contributed by atoms with van der Waals surface area (Å²) >= 11 is 3.31. The molecule has 0 unspecified atom stereocenters. The Morgan fingerprint density at radius 3 is 2.78 bits per heavy atom. The highest BCUT2D eigenvalue weighted by molar-refractivity contribution is 9.10. The van der Waals surface area contributed by atoms with Gasteiger partial charge in [-0.15, -0.1) is 0 Å². The first kappa shape index (κ1) is 12.5. The van der Waals surface area contributed by atoms with Gasteiger partial charge in [-0.1, -0.05) is 22.0 Å². The van der Waals surface area contributed by atoms with Gasteiger partial charge in [-0.3, -0.25) is 0 Å². The van der Waals surface area contributed by atoms with Gasteiger partial charge in [0.1, 0.15) is 5.75 Å². The van der Waals surface area contributed by atoms with Crippen molar-refractivity contribution in [3.63, 3.8) is 0 Å². The molecule has 0 atom stereocenters. The summed E-state index contributed by atoms with van der Waals surface area (Å²) < 4.78 is 6.27. The molecule has 2 rings (SSSR count). The molecule has 6 heteroatoms. The molecule has 0 spiro atoms. The normalized spacial score (nSPS) is 10.1. The molecular formula is C12H9BrN2O3. The SMILES string of the molecule is Cc1cc(C(=O)O)nc(Oc2cccc(Br)c2)n1. The first-order chi connectivity index (χ1) is 8.54. The Morgan fingerprint density at radius 2 is 2.11 bits per heavy atom. The van der Waals surface area contributed by atoms with Gasteiger partial charge < -0.3 is 9.84 Å². The number of aryl methyl sites for hydroxylation is 1. The number of rotatable bonds is 3. The molecule has 0 aliphatic carbocycles. The number of benzene rings is 1. The van der Waals surface area contributed by atoms with Crippen LogP contribution in [0.4, 0.5) is 0 Å². The van der Waals surface area contributed by atoms with Gasteiger partial charge >= 0.3 is 12.0 Å². The number of aromatic carboxylic acids is 1. The minimum atomic E-state index is -1.11. The van der Waals surface area contributed by atoms with Crippen LogP contribution in [0.25, 0.3) is 0 Å². The first-order valence-electron chi connectivity index (χ1n) is 5.07. The topological polar surface area (TPSA) is 72.3 Å². The molecule has 0 aliphatic rings. The predicted octanol–water partition coefficient (Wildman–Crippen LogP) is 3.04. The smallest absolute Gasteiger partial charge is 0.354 e. The van der Waals surface area contributed by atoms with Crippen LogP contribution in [0, 0.1) is 6.92 Å². The van der Waals surface area contributed by atoms with Crippen molar-refractivity contribution in [1.29, 1.82) is 0 Å². The number of nitrogens with zero attached hydrogens (tertiary/aromatic N) is 2. The lowest BCUT2D eigenvalue weighted by molar-refractivity contribution is 0.0689. The molecule has 0 aliphatic heterocycles. The lowest BCUT2D eigenvalue weighted by Crippen LogP contribution is -2.04. The number of halogens is 1. The molecule has 0 radical (unpaired) electrons. The van der Waals surface area contributed by atoms with Gasteiger partial charge in [0.05, 0.1) is 0 Å². The van der Waals surface area contributed by atoms with Crippen LogP contribution in [0.2, 0.25) is 0 Å². The van der Waals surface area contributed by atoms with Gasteiger partial charge in [0.25, 0.3) is 0 Å². The molecule has 0 saturated carbocycles. The van der Waals surface area contributed by atoms with E-state index in [1.165, 1.54) is 6.07 Å². The molecule has 2 aromatic rings. The van der Waals surface area contributed by atoms with E-state index < -0.39 is 5.97 Å². The van der Waals surface area contributed by atoms with Crippen molar-refractivity contribution in [2.24, 2.45) is 0 Å². The van der Waals surface area contributed by atoms with Crippen LogP contribution in [0.1, 0.15) is 16.2 Å². The van der Waals surface area contributed by atoms with E-state index in [0.29, 0.717) is 11.4 Å². The maximum Gasteiger partial charge on any atom is 0.354 e. The van der Waals surface area contributed by atoms with E-state index in [9.17, 15) is 4.79 Å². The lowest BCUT2D eigenvalue weighted by atomic mass is 10.3. The van der Waals surface area contributed by atoms with Gasteiger partial charge in [-0.05, 0) is 31.2 Å². The van der Waals surface area contributed by atoms with Crippen molar-refractivity contribution in [3.05, 3.63) is 46.2 Å². The highest BCUT2D eigenvalue weighted by Crippen LogP contribution is 2.22. The van der Waals surface area contributed by atoms with Crippen molar-refractivity contribution in [2.75, 3.05) is 0 Å². The molecule has 0 bridgehead atoms. The van der Waals surface area contributed by atoms with Crippen LogP contribution in [-0.4, -0.2) is 21.0 Å². The summed E-state index contributed by atoms with van der Waals surface area (Å²) in [5.74, 6) is -0.578. The Kier molecular flexibility index (Phi) is 3.57. The first-order valence-corrected chi connectivity index (χ1v) is 5.86. The summed E-state index contributed by atoms with van der Waals surface area (Å²) in [4.78, 5) is 18.7. The monoisotopic (exact) mass is 308 g/mol. The Bertz CT molecular complexity index is 602. The fraction of sp³-hybridized carbons (Fsp3) is 0.0833. The molecule has 1 aromatic carbocycles. The fourth-order valence-electron chi connectivity index (χ4n) is 1.33. The summed E-state index contributed by atoms with van der Waals surface area (Å²) in [6.45, 7) is 1.68. The molecule has 1 heterocycles. The second-order valence-corrected chi connectivity index (χ2v) is 4.46. The van der Waals surface area contributed by atoms with E-state index in [0.717, 1.165) is 4.47 Å². The maximum atomic E-state index is 10.9. The Morgan fingerprint density at radius 1 is 1.33 bits per heavy atom. The van der Waals surface area contributed by atoms with Crippen LogP contribution >= 0.6 is 15.9 Å². The van der Waals surface area contributed by atoms with Gasteiger partial charge in [0.15, 0.2) is 5.69 Å². The Labute approximate surface area is 112 Å². The number of carboxylic acid groups (broad SMARTS) is 1. The quantitative estimate of drug-likeness (QED) is 0.943. The zero-order valence-electron chi connectivity index (χ0n) is 9.42. The largest absolute Gasteiger partial charge is 0.477 e. The minimum absolute atomic E-state index is 0.0190. The summed E-state index contributed by atoms with van der Waals surface area (Å²) in [6, 6.07) is 8.53. The highest BCUT2D eigenvalue weighted by atomic mass is 79.9. The van der Waals surface area contributed by atoms with Crippen molar-refractivity contribution in [1.82, 2.24) is 9.97 Å². The number of aromatic nitrogens is 2. The molecule has 1 N–H and O–H groups in total. The molecule has 5 nitrogen and oxygen atoms in total. The third-order valence-electron chi connectivity index (χ3n) is 2.06. The molecule has 1 aromatic heterocycles. The van der Waals surface area contributed by atoms with Crippen LogP contribution < -0.4 is 4.74 Å². The minimum Gasteiger partial charge on any atom is -0.477 e. The zero-order valence-corrected chi connectivity index (χ0v) is 11.0. The van der Waals surface area contributed by atoms with Crippen LogP contribution in [0.5, 0.6) is 11.8 Å². The Balaban J connectivity index is 2.31. The van der Waals surface area contributed by atoms with Crippen molar-refractivity contribution in [2.45, 2.75) is 6.92 Å². The fourth-order valence-corrected chi connectivity index (χ4v) is 1.71. The van der Waals surface area contributed by atoms with Gasteiger partial charge in [-0.25, -0.2) is 9.78 Å². The second-order valence-electron chi connectivity index (χ2n) is 3.54. The number of hydrogen-bond donors (Lipinski definition) is 1. The van der Waals surface area contributed by atoms with Gasteiger partial charge in [-0.2, -0.15) is 4.98 Å². The third-order valence-corrected chi connectivity index (χ3v) is 2.55. The van der Waals surface area contributed by atoms with Gasteiger partial charge in [0.2, 0.25) is 0 Å². The molecule has 0 saturated heterocycles. The van der Waals surface area contributed by atoms with Gasteiger partial charge in [0, 0.05) is 10.2 Å². The zero-order chi connectivity index (χ0) is 13.1. The number of carboxylic acids is 1. The van der Waals surface area contributed by atoms with E-state index >= 15 is 0 Å². The van der Waals surface area contributed by atoms with E-state index in [4.69, 9.17) is 9.84 Å². The van der Waals surface area contributed by atoms with Crippen molar-refractivity contribution >= 4 is 21.9 Å². The van der Waals surface area contributed by atoms with E-state index in [1.807, 2.05) is 6.07 Å².